The Bertz CT molecular complexity index is 785. The molecule has 0 bridgehead atoms. The van der Waals surface area contributed by atoms with Crippen LogP contribution in [-0.4, -0.2) is 34.1 Å². The molecule has 144 valence electrons. The minimum Gasteiger partial charge on any atom is -0.494 e. The van der Waals surface area contributed by atoms with E-state index in [9.17, 15) is 14.9 Å². The molecule has 0 aliphatic carbocycles. The van der Waals surface area contributed by atoms with Crippen LogP contribution in [0.4, 0.5) is 17.2 Å². The summed E-state index contributed by atoms with van der Waals surface area (Å²) in [6, 6.07) is 6.85. The van der Waals surface area contributed by atoms with Crippen molar-refractivity contribution in [2.45, 2.75) is 26.2 Å². The second kappa shape index (κ2) is 10.3. The van der Waals surface area contributed by atoms with E-state index in [4.69, 9.17) is 21.1 Å². The predicted octanol–water partition coefficient (Wildman–Crippen LogP) is 3.89. The molecule has 1 aromatic heterocycles. The molecule has 9 nitrogen and oxygen atoms in total. The topological polar surface area (TPSA) is 116 Å². The number of halogens is 1. The molecule has 1 aromatic carbocycles. The van der Waals surface area contributed by atoms with Gasteiger partial charge >= 0.3 is 11.7 Å². The molecule has 1 N–H and O–H groups in total. The van der Waals surface area contributed by atoms with Crippen molar-refractivity contribution in [2.24, 2.45) is 0 Å². The number of aromatic nitrogens is 2. The Labute approximate surface area is 160 Å². The molecule has 0 aliphatic heterocycles. The molecule has 0 amide bonds. The Morgan fingerprint density at radius 2 is 2.04 bits per heavy atom. The number of nitrogens with zero attached hydrogens (tertiary/aromatic N) is 3. The van der Waals surface area contributed by atoms with Crippen molar-refractivity contribution in [2.75, 3.05) is 18.5 Å². The lowest BCUT2D eigenvalue weighted by atomic mass is 10.2. The van der Waals surface area contributed by atoms with E-state index in [0.29, 0.717) is 37.5 Å². The lowest BCUT2D eigenvalue weighted by molar-refractivity contribution is -0.384. The largest absolute Gasteiger partial charge is 0.494 e. The zero-order valence-electron chi connectivity index (χ0n) is 14.7. The third-order valence-electron chi connectivity index (χ3n) is 3.40. The van der Waals surface area contributed by atoms with Crippen LogP contribution in [0.1, 0.15) is 26.2 Å². The zero-order chi connectivity index (χ0) is 19.6. The van der Waals surface area contributed by atoms with Crippen molar-refractivity contribution in [3.63, 3.8) is 0 Å². The number of unbranched alkanes of at least 4 members (excludes halogenated alkanes) is 1. The van der Waals surface area contributed by atoms with Gasteiger partial charge in [0.05, 0.1) is 18.1 Å². The Hall–Kier alpha value is -2.94. The first kappa shape index (κ1) is 20.4. The second-order valence-electron chi connectivity index (χ2n) is 5.39. The third-order valence-corrected chi connectivity index (χ3v) is 3.59. The van der Waals surface area contributed by atoms with Crippen LogP contribution >= 0.6 is 11.6 Å². The number of carbonyl (C=O) groups excluding carboxylic acids is 1. The highest BCUT2D eigenvalue weighted by atomic mass is 35.5. The standard InChI is InChI=1S/C17H19ClN4O5/c1-2-26-15(23)5-3-4-10-27-13-8-6-12(7-9-13)20-16-14(22(24)25)11-19-17(18)21-16/h6-9,11H,2-5,10H2,1H3,(H,19,20,21). The number of hydrogen-bond acceptors (Lipinski definition) is 8. The van der Waals surface area contributed by atoms with Gasteiger partial charge in [0.15, 0.2) is 0 Å². The minimum absolute atomic E-state index is 0.00707. The lowest BCUT2D eigenvalue weighted by Crippen LogP contribution is -2.05. The molecule has 0 saturated carbocycles. The Morgan fingerprint density at radius 1 is 1.30 bits per heavy atom. The molecule has 0 atom stereocenters. The maximum atomic E-state index is 11.2. The van der Waals surface area contributed by atoms with Gasteiger partial charge in [-0.25, -0.2) is 4.98 Å². The first-order valence-electron chi connectivity index (χ1n) is 8.32. The van der Waals surface area contributed by atoms with Crippen LogP contribution in [0.25, 0.3) is 0 Å². The average molecular weight is 395 g/mol. The van der Waals surface area contributed by atoms with Gasteiger partial charge < -0.3 is 14.8 Å². The van der Waals surface area contributed by atoms with Crippen LogP contribution in [0.15, 0.2) is 30.5 Å². The van der Waals surface area contributed by atoms with Gasteiger partial charge in [-0.15, -0.1) is 0 Å². The van der Waals surface area contributed by atoms with Crippen molar-refractivity contribution in [3.05, 3.63) is 45.9 Å². The summed E-state index contributed by atoms with van der Waals surface area (Å²) in [4.78, 5) is 29.1. The van der Waals surface area contributed by atoms with Gasteiger partial charge in [-0.1, -0.05) is 0 Å². The molecule has 0 unspecified atom stereocenters. The fraction of sp³-hybridized carbons (Fsp3) is 0.353. The number of benzene rings is 1. The summed E-state index contributed by atoms with van der Waals surface area (Å²) < 4.78 is 10.5. The number of carbonyl (C=O) groups is 1. The summed E-state index contributed by atoms with van der Waals surface area (Å²) in [5.74, 6) is 0.450. The summed E-state index contributed by atoms with van der Waals surface area (Å²) >= 11 is 5.70. The first-order valence-corrected chi connectivity index (χ1v) is 8.70. The molecule has 1 heterocycles. The normalized spacial score (nSPS) is 10.3. The summed E-state index contributed by atoms with van der Waals surface area (Å²) in [5.41, 5.74) is 0.309. The number of ether oxygens (including phenoxy) is 2. The van der Waals surface area contributed by atoms with Gasteiger partial charge in [0.1, 0.15) is 11.9 Å². The van der Waals surface area contributed by atoms with Gasteiger partial charge in [-0.2, -0.15) is 4.98 Å². The van der Waals surface area contributed by atoms with Crippen molar-refractivity contribution < 1.29 is 19.2 Å². The van der Waals surface area contributed by atoms with E-state index in [-0.39, 0.29) is 22.8 Å². The number of nitro groups is 1. The van der Waals surface area contributed by atoms with Gasteiger partial charge in [0.25, 0.3) is 0 Å². The lowest BCUT2D eigenvalue weighted by Gasteiger charge is -2.09. The third kappa shape index (κ3) is 6.70. The molecular weight excluding hydrogens is 376 g/mol. The van der Waals surface area contributed by atoms with Crippen LogP contribution < -0.4 is 10.1 Å². The van der Waals surface area contributed by atoms with Crippen LogP contribution in [-0.2, 0) is 9.53 Å². The highest BCUT2D eigenvalue weighted by Gasteiger charge is 2.17. The highest BCUT2D eigenvalue weighted by Crippen LogP contribution is 2.26. The quantitative estimate of drug-likeness (QED) is 0.212. The van der Waals surface area contributed by atoms with Crippen LogP contribution in [0.2, 0.25) is 5.28 Å². The van der Waals surface area contributed by atoms with E-state index in [2.05, 4.69) is 15.3 Å². The number of hydrogen-bond donors (Lipinski definition) is 1. The SMILES string of the molecule is CCOC(=O)CCCCOc1ccc(Nc2nc(Cl)ncc2[N+](=O)[O-])cc1. The Balaban J connectivity index is 1.84. The number of rotatable bonds is 10. The summed E-state index contributed by atoms with van der Waals surface area (Å²) in [6.07, 6.45) is 2.84. The molecule has 2 rings (SSSR count). The molecular formula is C17H19ClN4O5. The molecule has 2 aromatic rings. The summed E-state index contributed by atoms with van der Waals surface area (Å²) in [7, 11) is 0. The fourth-order valence-corrected chi connectivity index (χ4v) is 2.28. The molecule has 0 aliphatic rings. The number of anilines is 2. The maximum Gasteiger partial charge on any atom is 0.329 e. The van der Waals surface area contributed by atoms with E-state index < -0.39 is 4.92 Å². The summed E-state index contributed by atoms with van der Waals surface area (Å²) in [5, 5.41) is 13.8. The average Bonchev–Trinajstić information content (AvgIpc) is 2.63. The fourth-order valence-electron chi connectivity index (χ4n) is 2.15. The van der Waals surface area contributed by atoms with Gasteiger partial charge in [-0.05, 0) is 55.6 Å². The molecule has 0 spiro atoms. The van der Waals surface area contributed by atoms with Gasteiger partial charge in [0.2, 0.25) is 11.1 Å². The molecule has 27 heavy (non-hydrogen) atoms. The Morgan fingerprint density at radius 3 is 2.70 bits per heavy atom. The van der Waals surface area contributed by atoms with Crippen molar-refractivity contribution in [1.29, 1.82) is 0 Å². The van der Waals surface area contributed by atoms with Gasteiger partial charge in [0, 0.05) is 12.1 Å². The van der Waals surface area contributed by atoms with E-state index in [1.807, 2.05) is 0 Å². The van der Waals surface area contributed by atoms with Crippen molar-refractivity contribution in [3.8, 4) is 5.75 Å². The van der Waals surface area contributed by atoms with Crippen LogP contribution in [0, 0.1) is 10.1 Å². The second-order valence-corrected chi connectivity index (χ2v) is 5.73. The van der Waals surface area contributed by atoms with Crippen LogP contribution in [0.5, 0.6) is 5.75 Å². The molecule has 0 radical (unpaired) electrons. The zero-order valence-corrected chi connectivity index (χ0v) is 15.4. The number of esters is 1. The monoisotopic (exact) mass is 394 g/mol. The molecule has 10 heteroatoms. The molecule has 0 saturated heterocycles. The Kier molecular flexibility index (Phi) is 7.75. The maximum absolute atomic E-state index is 11.2. The van der Waals surface area contributed by atoms with E-state index in [1.165, 1.54) is 0 Å². The van der Waals surface area contributed by atoms with Crippen molar-refractivity contribution >= 4 is 34.8 Å². The predicted molar refractivity (Wildman–Crippen MR) is 99.4 cm³/mol. The van der Waals surface area contributed by atoms with E-state index in [1.54, 1.807) is 31.2 Å². The summed E-state index contributed by atoms with van der Waals surface area (Å²) in [6.45, 7) is 2.64. The van der Waals surface area contributed by atoms with Crippen LogP contribution in [0.3, 0.4) is 0 Å². The highest BCUT2D eigenvalue weighted by molar-refractivity contribution is 6.28. The van der Waals surface area contributed by atoms with Gasteiger partial charge in [-0.3, -0.25) is 14.9 Å². The van der Waals surface area contributed by atoms with Crippen molar-refractivity contribution in [1.82, 2.24) is 9.97 Å². The first-order chi connectivity index (χ1) is 13.0. The van der Waals surface area contributed by atoms with E-state index >= 15 is 0 Å². The smallest absolute Gasteiger partial charge is 0.329 e. The van der Waals surface area contributed by atoms with E-state index in [0.717, 1.165) is 12.6 Å². The number of nitrogens with one attached hydrogen (secondary N) is 1. The minimum atomic E-state index is -0.591. The molecule has 0 fully saturated rings.